The van der Waals surface area contributed by atoms with Gasteiger partial charge in [0.1, 0.15) is 5.82 Å². The molecule has 0 saturated heterocycles. The molecule has 2 rings (SSSR count). The van der Waals surface area contributed by atoms with Crippen LogP contribution in [0.3, 0.4) is 0 Å². The number of hydrogen-bond acceptors (Lipinski definition) is 1. The van der Waals surface area contributed by atoms with Crippen molar-refractivity contribution in [1.29, 1.82) is 0 Å². The zero-order valence-electron chi connectivity index (χ0n) is 13.6. The minimum Gasteiger partial charge on any atom is -0.314 e. The molecule has 0 bridgehead atoms. The van der Waals surface area contributed by atoms with Crippen LogP contribution < -0.4 is 5.32 Å². The Bertz CT molecular complexity index is 422. The van der Waals surface area contributed by atoms with Crippen molar-refractivity contribution in [2.24, 2.45) is 5.92 Å². The number of halogens is 1. The third-order valence-corrected chi connectivity index (χ3v) is 4.93. The van der Waals surface area contributed by atoms with E-state index < -0.39 is 0 Å². The Balaban J connectivity index is 2.06. The van der Waals surface area contributed by atoms with Crippen molar-refractivity contribution in [2.45, 2.75) is 71.3 Å². The fourth-order valence-corrected chi connectivity index (χ4v) is 3.68. The van der Waals surface area contributed by atoms with Gasteiger partial charge in [0.2, 0.25) is 0 Å². The maximum absolute atomic E-state index is 13.3. The molecule has 21 heavy (non-hydrogen) atoms. The number of benzene rings is 1. The minimum absolute atomic E-state index is 0.123. The van der Waals surface area contributed by atoms with Crippen LogP contribution in [0.2, 0.25) is 0 Å². The molecule has 0 radical (unpaired) electrons. The fraction of sp³-hybridized carbons (Fsp3) is 0.684. The molecular formula is C19H30FN. The van der Waals surface area contributed by atoms with E-state index in [1.54, 1.807) is 12.1 Å². The quantitative estimate of drug-likeness (QED) is 0.803. The number of rotatable bonds is 5. The predicted molar refractivity (Wildman–Crippen MR) is 88.1 cm³/mol. The van der Waals surface area contributed by atoms with Crippen LogP contribution in [0.25, 0.3) is 0 Å². The van der Waals surface area contributed by atoms with Crippen molar-refractivity contribution < 1.29 is 4.39 Å². The third kappa shape index (κ3) is 5.10. The average molecular weight is 291 g/mol. The molecule has 1 saturated carbocycles. The van der Waals surface area contributed by atoms with E-state index in [0.717, 1.165) is 24.4 Å². The Morgan fingerprint density at radius 2 is 1.81 bits per heavy atom. The van der Waals surface area contributed by atoms with Crippen LogP contribution in [0.5, 0.6) is 0 Å². The lowest BCUT2D eigenvalue weighted by Gasteiger charge is -2.30. The van der Waals surface area contributed by atoms with Gasteiger partial charge in [-0.3, -0.25) is 0 Å². The second-order valence-corrected chi connectivity index (χ2v) is 6.54. The molecule has 0 aliphatic heterocycles. The Morgan fingerprint density at radius 3 is 2.43 bits per heavy atom. The van der Waals surface area contributed by atoms with Gasteiger partial charge in [-0.05, 0) is 61.9 Å². The maximum Gasteiger partial charge on any atom is 0.123 e. The molecule has 1 fully saturated rings. The number of aryl methyl sites for hydroxylation is 1. The van der Waals surface area contributed by atoms with Crippen molar-refractivity contribution >= 4 is 0 Å². The van der Waals surface area contributed by atoms with Gasteiger partial charge >= 0.3 is 0 Å². The molecule has 0 heterocycles. The van der Waals surface area contributed by atoms with Crippen LogP contribution in [-0.4, -0.2) is 12.6 Å². The molecule has 1 aromatic carbocycles. The first-order valence-corrected chi connectivity index (χ1v) is 8.69. The first-order chi connectivity index (χ1) is 10.2. The Labute approximate surface area is 129 Å². The summed E-state index contributed by atoms with van der Waals surface area (Å²) in [4.78, 5) is 0. The predicted octanol–water partition coefficient (Wildman–Crippen LogP) is 5.02. The second kappa shape index (κ2) is 8.53. The summed E-state index contributed by atoms with van der Waals surface area (Å²) in [7, 11) is 0. The molecule has 0 amide bonds. The Morgan fingerprint density at radius 1 is 1.14 bits per heavy atom. The summed E-state index contributed by atoms with van der Waals surface area (Å²) in [6, 6.07) is 5.77. The highest BCUT2D eigenvalue weighted by Gasteiger charge is 2.22. The van der Waals surface area contributed by atoms with Gasteiger partial charge in [-0.15, -0.1) is 0 Å². The Hall–Kier alpha value is -0.890. The van der Waals surface area contributed by atoms with Crippen LogP contribution in [0.4, 0.5) is 4.39 Å². The molecule has 2 heteroatoms. The summed E-state index contributed by atoms with van der Waals surface area (Å²) in [5.41, 5.74) is 2.38. The van der Waals surface area contributed by atoms with Gasteiger partial charge in [-0.2, -0.15) is 0 Å². The highest BCUT2D eigenvalue weighted by atomic mass is 19.1. The molecule has 0 spiro atoms. The summed E-state index contributed by atoms with van der Waals surface area (Å²) < 4.78 is 13.3. The molecule has 118 valence electrons. The first-order valence-electron chi connectivity index (χ1n) is 8.69. The topological polar surface area (TPSA) is 12.0 Å². The highest BCUT2D eigenvalue weighted by molar-refractivity contribution is 5.27. The summed E-state index contributed by atoms with van der Waals surface area (Å²) in [5, 5.41) is 3.70. The lowest BCUT2D eigenvalue weighted by Crippen LogP contribution is -2.38. The molecule has 1 N–H and O–H groups in total. The highest BCUT2D eigenvalue weighted by Crippen LogP contribution is 2.27. The minimum atomic E-state index is -0.123. The van der Waals surface area contributed by atoms with Crippen molar-refractivity contribution in [1.82, 2.24) is 5.32 Å². The molecule has 1 aromatic rings. The molecule has 1 atom stereocenters. The van der Waals surface area contributed by atoms with Gasteiger partial charge < -0.3 is 5.32 Å². The van der Waals surface area contributed by atoms with Crippen molar-refractivity contribution in [3.8, 4) is 0 Å². The van der Waals surface area contributed by atoms with Gasteiger partial charge in [0.05, 0.1) is 0 Å². The van der Waals surface area contributed by atoms with Crippen LogP contribution in [0.15, 0.2) is 18.2 Å². The summed E-state index contributed by atoms with van der Waals surface area (Å²) in [6.07, 6.45) is 10.7. The fourth-order valence-electron chi connectivity index (χ4n) is 3.68. The summed E-state index contributed by atoms with van der Waals surface area (Å²) in [5.74, 6) is 0.650. The normalized spacial score (nSPS) is 19.0. The molecule has 1 unspecified atom stereocenters. The van der Waals surface area contributed by atoms with Gasteiger partial charge in [0.15, 0.2) is 0 Å². The van der Waals surface area contributed by atoms with E-state index in [2.05, 4.69) is 12.2 Å². The Kier molecular flexibility index (Phi) is 6.69. The molecule has 1 aliphatic carbocycles. The summed E-state index contributed by atoms with van der Waals surface area (Å²) >= 11 is 0. The van der Waals surface area contributed by atoms with Crippen LogP contribution in [0, 0.1) is 18.7 Å². The standard InChI is InChI=1S/C19H30FN/c1-3-21-19(16-9-7-5-4-6-8-10-16)14-17-11-12-18(20)13-15(17)2/h11-13,16,19,21H,3-10,14H2,1-2H3. The van der Waals surface area contributed by atoms with E-state index in [1.165, 1.54) is 50.5 Å². The zero-order valence-corrected chi connectivity index (χ0v) is 13.6. The van der Waals surface area contributed by atoms with Gasteiger partial charge in [0.25, 0.3) is 0 Å². The largest absolute Gasteiger partial charge is 0.314 e. The molecular weight excluding hydrogens is 261 g/mol. The lowest BCUT2D eigenvalue weighted by atomic mass is 9.82. The van der Waals surface area contributed by atoms with Crippen molar-refractivity contribution in [3.05, 3.63) is 35.1 Å². The third-order valence-electron chi connectivity index (χ3n) is 4.93. The van der Waals surface area contributed by atoms with E-state index in [1.807, 2.05) is 13.0 Å². The molecule has 1 nitrogen and oxygen atoms in total. The van der Waals surface area contributed by atoms with E-state index in [9.17, 15) is 4.39 Å². The molecule has 1 aliphatic rings. The number of nitrogens with one attached hydrogen (secondary N) is 1. The van der Waals surface area contributed by atoms with E-state index in [4.69, 9.17) is 0 Å². The van der Waals surface area contributed by atoms with Gasteiger partial charge in [0, 0.05) is 6.04 Å². The van der Waals surface area contributed by atoms with E-state index in [0.29, 0.717) is 6.04 Å². The van der Waals surface area contributed by atoms with Gasteiger partial charge in [-0.25, -0.2) is 4.39 Å². The SMILES string of the molecule is CCNC(Cc1ccc(F)cc1C)C1CCCCCCC1. The van der Waals surface area contributed by atoms with Crippen LogP contribution in [0.1, 0.15) is 63.0 Å². The number of hydrogen-bond donors (Lipinski definition) is 1. The van der Waals surface area contributed by atoms with E-state index in [-0.39, 0.29) is 5.82 Å². The van der Waals surface area contributed by atoms with Crippen LogP contribution in [-0.2, 0) is 6.42 Å². The lowest BCUT2D eigenvalue weighted by molar-refractivity contribution is 0.286. The second-order valence-electron chi connectivity index (χ2n) is 6.54. The average Bonchev–Trinajstić information content (AvgIpc) is 2.41. The number of likely N-dealkylation sites (N-methyl/N-ethyl adjacent to an activating group) is 1. The van der Waals surface area contributed by atoms with Gasteiger partial charge in [-0.1, -0.05) is 45.1 Å². The van der Waals surface area contributed by atoms with Crippen molar-refractivity contribution in [3.63, 3.8) is 0 Å². The molecule has 0 aromatic heterocycles. The summed E-state index contributed by atoms with van der Waals surface area (Å²) in [6.45, 7) is 5.23. The smallest absolute Gasteiger partial charge is 0.123 e. The monoisotopic (exact) mass is 291 g/mol. The maximum atomic E-state index is 13.3. The van der Waals surface area contributed by atoms with E-state index >= 15 is 0 Å². The zero-order chi connectivity index (χ0) is 15.1. The van der Waals surface area contributed by atoms with Crippen LogP contribution >= 0.6 is 0 Å². The van der Waals surface area contributed by atoms with Crippen molar-refractivity contribution in [2.75, 3.05) is 6.54 Å². The first kappa shape index (κ1) is 16.5.